The topological polar surface area (TPSA) is 77.4 Å². The first kappa shape index (κ1) is 25.0. The van der Waals surface area contributed by atoms with Crippen LogP contribution in [-0.2, 0) is 30.8 Å². The first-order valence-corrected chi connectivity index (χ1v) is 8.67. The fourth-order valence-corrected chi connectivity index (χ4v) is 1.82. The molecule has 0 spiro atoms. The zero-order valence-electron chi connectivity index (χ0n) is 17.8. The average Bonchev–Trinajstić information content (AvgIpc) is 2.52. The standard InChI is InChI=1S/C20H34O4.H2O2/c1-17(2,3)21-23-19(7,8)15-12-11-13-16(14-15)20(9,10)24-22-18(4,5)6;1-2/h11-14H,1-10H3;1-2H. The monoisotopic (exact) mass is 372 g/mol. The normalized spacial score (nSPS) is 13.2. The summed E-state index contributed by atoms with van der Waals surface area (Å²) in [4.78, 5) is 22.4. The van der Waals surface area contributed by atoms with Gasteiger partial charge in [0.25, 0.3) is 0 Å². The van der Waals surface area contributed by atoms with Crippen LogP contribution in [-0.4, -0.2) is 21.7 Å². The molecule has 0 unspecified atom stereocenters. The van der Waals surface area contributed by atoms with Crippen molar-refractivity contribution < 1.29 is 30.1 Å². The first-order chi connectivity index (χ1) is 11.6. The molecular weight excluding hydrogens is 336 g/mol. The van der Waals surface area contributed by atoms with Gasteiger partial charge in [-0.15, -0.1) is 0 Å². The predicted molar refractivity (Wildman–Crippen MR) is 102 cm³/mol. The lowest BCUT2D eigenvalue weighted by Crippen LogP contribution is -2.31. The summed E-state index contributed by atoms with van der Waals surface area (Å²) in [7, 11) is 0. The molecule has 2 N–H and O–H groups in total. The van der Waals surface area contributed by atoms with Crippen LogP contribution in [0.25, 0.3) is 0 Å². The van der Waals surface area contributed by atoms with E-state index >= 15 is 0 Å². The Labute approximate surface area is 157 Å². The second-order valence-electron chi connectivity index (χ2n) is 9.16. The zero-order valence-corrected chi connectivity index (χ0v) is 17.8. The predicted octanol–water partition coefficient (Wildman–Crippen LogP) is 5.67. The lowest BCUT2D eigenvalue weighted by molar-refractivity contribution is -0.403. The van der Waals surface area contributed by atoms with Gasteiger partial charge in [0.15, 0.2) is 0 Å². The van der Waals surface area contributed by atoms with Gasteiger partial charge in [-0.2, -0.15) is 0 Å². The summed E-state index contributed by atoms with van der Waals surface area (Å²) in [6.45, 7) is 19.7. The van der Waals surface area contributed by atoms with E-state index in [0.717, 1.165) is 11.1 Å². The van der Waals surface area contributed by atoms with Gasteiger partial charge in [0.05, 0.1) is 11.2 Å². The molecule has 0 atom stereocenters. The van der Waals surface area contributed by atoms with Gasteiger partial charge in [0.1, 0.15) is 11.2 Å². The summed E-state index contributed by atoms with van der Waals surface area (Å²) in [6, 6.07) is 8.11. The van der Waals surface area contributed by atoms with Gasteiger partial charge in [-0.05, 0) is 86.4 Å². The SMILES string of the molecule is CC(C)(C)OOC(C)(C)c1cccc(C(C)(C)OOC(C)(C)C)c1.OO. The van der Waals surface area contributed by atoms with Crippen LogP contribution in [0.3, 0.4) is 0 Å². The summed E-state index contributed by atoms with van der Waals surface area (Å²) in [5.74, 6) is 0. The van der Waals surface area contributed by atoms with Crippen molar-refractivity contribution in [1.82, 2.24) is 0 Å². The number of rotatable bonds is 6. The molecule has 0 amide bonds. The van der Waals surface area contributed by atoms with Crippen molar-refractivity contribution in [3.05, 3.63) is 35.4 Å². The molecule has 6 nitrogen and oxygen atoms in total. The van der Waals surface area contributed by atoms with Crippen molar-refractivity contribution in [2.75, 3.05) is 0 Å². The summed E-state index contributed by atoms with van der Waals surface area (Å²) in [6.07, 6.45) is 0. The maximum Gasteiger partial charge on any atom is 0.123 e. The maximum atomic E-state index is 6.00. The average molecular weight is 373 g/mol. The van der Waals surface area contributed by atoms with E-state index in [1.807, 2.05) is 87.4 Å². The van der Waals surface area contributed by atoms with E-state index in [4.69, 9.17) is 30.1 Å². The molecule has 1 rings (SSSR count). The van der Waals surface area contributed by atoms with E-state index in [1.54, 1.807) is 0 Å². The minimum atomic E-state index is -0.579. The Balaban J connectivity index is 0.00000301. The molecule has 0 bridgehead atoms. The zero-order chi connectivity index (χ0) is 20.8. The molecule has 152 valence electrons. The third-order valence-corrected chi connectivity index (χ3v) is 3.25. The molecule has 0 radical (unpaired) electrons. The van der Waals surface area contributed by atoms with Crippen molar-refractivity contribution in [2.24, 2.45) is 0 Å². The van der Waals surface area contributed by atoms with Crippen LogP contribution in [0.2, 0.25) is 0 Å². The molecule has 0 aromatic heterocycles. The van der Waals surface area contributed by atoms with Crippen LogP contribution in [0.4, 0.5) is 0 Å². The highest BCUT2D eigenvalue weighted by atomic mass is 17.2. The van der Waals surface area contributed by atoms with Crippen LogP contribution in [0, 0.1) is 0 Å². The fraction of sp³-hybridized carbons (Fsp3) is 0.700. The Hall–Kier alpha value is -1.02. The third kappa shape index (κ3) is 9.07. The highest BCUT2D eigenvalue weighted by molar-refractivity contribution is 5.30. The molecule has 26 heavy (non-hydrogen) atoms. The quantitative estimate of drug-likeness (QED) is 0.495. The Morgan fingerprint density at radius 3 is 1.15 bits per heavy atom. The summed E-state index contributed by atoms with van der Waals surface area (Å²) in [5, 5.41) is 12.0. The smallest absolute Gasteiger partial charge is 0.123 e. The van der Waals surface area contributed by atoms with Crippen molar-refractivity contribution >= 4 is 0 Å². The number of hydrogen-bond donors (Lipinski definition) is 2. The van der Waals surface area contributed by atoms with Crippen LogP contribution in [0.5, 0.6) is 0 Å². The lowest BCUT2D eigenvalue weighted by atomic mass is 9.91. The second kappa shape index (κ2) is 9.26. The van der Waals surface area contributed by atoms with E-state index in [1.165, 1.54) is 0 Å². The van der Waals surface area contributed by atoms with Gasteiger partial charge in [-0.25, -0.2) is 19.6 Å². The lowest BCUT2D eigenvalue weighted by Gasteiger charge is -2.32. The van der Waals surface area contributed by atoms with E-state index < -0.39 is 11.2 Å². The van der Waals surface area contributed by atoms with E-state index in [-0.39, 0.29) is 11.2 Å². The van der Waals surface area contributed by atoms with Crippen LogP contribution in [0.15, 0.2) is 24.3 Å². The van der Waals surface area contributed by atoms with Crippen molar-refractivity contribution in [3.63, 3.8) is 0 Å². The molecule has 0 saturated carbocycles. The Kier molecular flexibility index (Phi) is 8.90. The van der Waals surface area contributed by atoms with Crippen molar-refractivity contribution in [1.29, 1.82) is 0 Å². The Morgan fingerprint density at radius 2 is 0.885 bits per heavy atom. The highest BCUT2D eigenvalue weighted by Crippen LogP contribution is 2.32. The molecule has 0 fully saturated rings. The molecule has 0 heterocycles. The van der Waals surface area contributed by atoms with E-state index in [2.05, 4.69) is 6.07 Å². The molecular formula is C20H36O6. The Bertz CT molecular complexity index is 493. The van der Waals surface area contributed by atoms with Crippen molar-refractivity contribution in [2.45, 2.75) is 91.6 Å². The minimum absolute atomic E-state index is 0.363. The molecule has 0 aliphatic rings. The van der Waals surface area contributed by atoms with Crippen molar-refractivity contribution in [3.8, 4) is 0 Å². The van der Waals surface area contributed by atoms with Gasteiger partial charge in [-0.3, -0.25) is 10.5 Å². The second-order valence-corrected chi connectivity index (χ2v) is 9.16. The Morgan fingerprint density at radius 1 is 0.577 bits per heavy atom. The highest BCUT2D eigenvalue weighted by Gasteiger charge is 2.30. The molecule has 0 saturated heterocycles. The van der Waals surface area contributed by atoms with Gasteiger partial charge in [-0.1, -0.05) is 18.2 Å². The number of benzene rings is 1. The number of hydrogen-bond acceptors (Lipinski definition) is 6. The van der Waals surface area contributed by atoms with Crippen LogP contribution < -0.4 is 0 Å². The minimum Gasteiger partial charge on any atom is -0.255 e. The summed E-state index contributed by atoms with van der Waals surface area (Å²) >= 11 is 0. The first-order valence-electron chi connectivity index (χ1n) is 8.67. The van der Waals surface area contributed by atoms with Gasteiger partial charge in [0, 0.05) is 0 Å². The molecule has 0 aliphatic heterocycles. The van der Waals surface area contributed by atoms with E-state index in [0.29, 0.717) is 0 Å². The summed E-state index contributed by atoms with van der Waals surface area (Å²) in [5.41, 5.74) is 0.137. The summed E-state index contributed by atoms with van der Waals surface area (Å²) < 4.78 is 0. The fourth-order valence-electron chi connectivity index (χ4n) is 1.82. The van der Waals surface area contributed by atoms with Gasteiger partial charge < -0.3 is 0 Å². The van der Waals surface area contributed by atoms with E-state index in [9.17, 15) is 0 Å². The third-order valence-electron chi connectivity index (χ3n) is 3.25. The largest absolute Gasteiger partial charge is 0.255 e. The van der Waals surface area contributed by atoms with Gasteiger partial charge >= 0.3 is 0 Å². The maximum absolute atomic E-state index is 6.00. The van der Waals surface area contributed by atoms with Crippen LogP contribution in [0.1, 0.15) is 80.4 Å². The molecule has 6 heteroatoms. The van der Waals surface area contributed by atoms with Gasteiger partial charge in [0.2, 0.25) is 0 Å². The van der Waals surface area contributed by atoms with Crippen LogP contribution >= 0.6 is 0 Å². The molecule has 0 aliphatic carbocycles. The molecule has 1 aromatic carbocycles. The molecule has 1 aromatic rings.